The van der Waals surface area contributed by atoms with Gasteiger partial charge in [0.2, 0.25) is 0 Å². The van der Waals surface area contributed by atoms with Gasteiger partial charge in [0.25, 0.3) is 0 Å². The lowest BCUT2D eigenvalue weighted by Crippen LogP contribution is -1.96. The maximum atomic E-state index is 11.4. The molecule has 0 aromatic heterocycles. The summed E-state index contributed by atoms with van der Waals surface area (Å²) < 4.78 is 22.2. The number of hydrogen-bond donors (Lipinski definition) is 1. The molecule has 0 aliphatic heterocycles. The fourth-order valence-electron chi connectivity index (χ4n) is 2.41. The Hall–Kier alpha value is -2.27. The van der Waals surface area contributed by atoms with Crippen molar-refractivity contribution in [1.82, 2.24) is 0 Å². The van der Waals surface area contributed by atoms with Gasteiger partial charge in [-0.05, 0) is 66.8 Å². The lowest BCUT2D eigenvalue weighted by molar-refractivity contribution is -0.136. The molecular weight excluding hydrogens is 363 g/mol. The highest BCUT2D eigenvalue weighted by atomic mass is 32.2. The summed E-state index contributed by atoms with van der Waals surface area (Å²) in [6.45, 7) is 12.1. The third-order valence-electron chi connectivity index (χ3n) is 3.57. The molecule has 0 heterocycles. The van der Waals surface area contributed by atoms with Crippen LogP contribution in [0.1, 0.15) is 46.6 Å². The lowest BCUT2D eigenvalue weighted by atomic mass is 10.0. The summed E-state index contributed by atoms with van der Waals surface area (Å²) in [5, 5.41) is 8.92. The van der Waals surface area contributed by atoms with Crippen LogP contribution in [0.25, 0.3) is 6.08 Å². The predicted molar refractivity (Wildman–Crippen MR) is 113 cm³/mol. The first-order valence-corrected chi connectivity index (χ1v) is 10.2. The molecule has 1 aromatic carbocycles. The average Bonchev–Trinajstić information content (AvgIpc) is 2.83. The number of hydrogen-bond acceptors (Lipinski definition) is 2. The molecule has 5 heteroatoms. The van der Waals surface area contributed by atoms with E-state index >= 15 is 0 Å². The molecule has 3 nitrogen and oxygen atoms in total. The van der Waals surface area contributed by atoms with Gasteiger partial charge in [-0.25, -0.2) is 4.39 Å². The van der Waals surface area contributed by atoms with Gasteiger partial charge in [0.05, 0.1) is 12.2 Å². The monoisotopic (exact) mass is 392 g/mol. The second-order valence-electron chi connectivity index (χ2n) is 5.81. The number of rotatable bonds is 4. The zero-order valence-corrected chi connectivity index (χ0v) is 17.7. The van der Waals surface area contributed by atoms with E-state index in [1.54, 1.807) is 6.26 Å². The summed E-state index contributed by atoms with van der Waals surface area (Å²) in [6.07, 6.45) is 5.68. The van der Waals surface area contributed by atoms with Crippen LogP contribution in [0.4, 0.5) is 4.39 Å². The summed E-state index contributed by atoms with van der Waals surface area (Å²) in [6, 6.07) is 7.57. The van der Waals surface area contributed by atoms with Crippen molar-refractivity contribution in [2.24, 2.45) is 0 Å². The van der Waals surface area contributed by atoms with Crippen LogP contribution in [-0.4, -0.2) is 21.5 Å². The summed E-state index contributed by atoms with van der Waals surface area (Å²) in [4.78, 5) is 11.7. The minimum absolute atomic E-state index is 0.0499. The molecular formula is C22H29FO3S. The normalized spacial score (nSPS) is 15.2. The topological polar surface area (TPSA) is 54.4 Å². The predicted octanol–water partition coefficient (Wildman–Crippen LogP) is 6.07. The summed E-state index contributed by atoms with van der Waals surface area (Å²) in [5.74, 6) is -1.15. The van der Waals surface area contributed by atoms with Gasteiger partial charge in [-0.15, -0.1) is 0 Å². The van der Waals surface area contributed by atoms with E-state index in [0.29, 0.717) is 0 Å². The van der Waals surface area contributed by atoms with Crippen LogP contribution in [0.3, 0.4) is 0 Å². The minimum Gasteiger partial charge on any atom is -0.481 e. The number of carboxylic acids is 1. The third-order valence-corrected chi connectivity index (χ3v) is 4.50. The maximum absolute atomic E-state index is 11.4. The number of aliphatic carboxylic acids is 1. The first kappa shape index (κ1) is 24.7. The number of halogens is 1. The van der Waals surface area contributed by atoms with Crippen molar-refractivity contribution in [3.8, 4) is 0 Å². The second kappa shape index (κ2) is 12.2. The van der Waals surface area contributed by atoms with Gasteiger partial charge < -0.3 is 5.11 Å². The largest absolute Gasteiger partial charge is 0.481 e. The Labute approximate surface area is 164 Å². The van der Waals surface area contributed by atoms with Crippen molar-refractivity contribution < 1.29 is 18.5 Å². The van der Waals surface area contributed by atoms with Crippen molar-refractivity contribution in [3.63, 3.8) is 0 Å². The van der Waals surface area contributed by atoms with Gasteiger partial charge in [0.1, 0.15) is 0 Å². The lowest BCUT2D eigenvalue weighted by Gasteiger charge is -2.05. The van der Waals surface area contributed by atoms with Crippen LogP contribution in [0.2, 0.25) is 0 Å². The van der Waals surface area contributed by atoms with E-state index in [-0.39, 0.29) is 12.2 Å². The highest BCUT2D eigenvalue weighted by Gasteiger charge is 2.17. The Kier molecular flexibility index (Phi) is 11.2. The zero-order chi connectivity index (χ0) is 21.1. The molecule has 2 rings (SSSR count). The van der Waals surface area contributed by atoms with E-state index in [9.17, 15) is 13.4 Å². The summed E-state index contributed by atoms with van der Waals surface area (Å²) in [7, 11) is -0.974. The van der Waals surface area contributed by atoms with Crippen molar-refractivity contribution >= 4 is 22.8 Å². The maximum Gasteiger partial charge on any atom is 0.307 e. The molecule has 0 spiro atoms. The molecule has 1 aromatic rings. The molecule has 0 saturated carbocycles. The van der Waals surface area contributed by atoms with Crippen LogP contribution in [0, 0.1) is 0 Å². The van der Waals surface area contributed by atoms with Crippen LogP contribution in [-0.2, 0) is 15.6 Å². The van der Waals surface area contributed by atoms with Gasteiger partial charge in [0.15, 0.2) is 0 Å². The van der Waals surface area contributed by atoms with E-state index in [2.05, 4.69) is 6.58 Å². The van der Waals surface area contributed by atoms with E-state index in [4.69, 9.17) is 5.11 Å². The van der Waals surface area contributed by atoms with Crippen LogP contribution < -0.4 is 0 Å². The first-order chi connectivity index (χ1) is 12.6. The molecule has 0 bridgehead atoms. The van der Waals surface area contributed by atoms with Gasteiger partial charge >= 0.3 is 5.97 Å². The molecule has 0 saturated heterocycles. The van der Waals surface area contributed by atoms with E-state index in [0.717, 1.165) is 32.8 Å². The molecule has 1 N–H and O–H groups in total. The molecule has 0 fully saturated rings. The second-order valence-corrected chi connectivity index (χ2v) is 7.19. The fraction of sp³-hybridized carbons (Fsp3) is 0.318. The van der Waals surface area contributed by atoms with Crippen LogP contribution >= 0.6 is 0 Å². The quantitative estimate of drug-likeness (QED) is 0.676. The Bertz CT molecular complexity index is 780. The Balaban J connectivity index is 0.000000998. The molecule has 1 aliphatic rings. The standard InChI is InChI=1S/C17H18O3S.C3H5F.C2H6/c1-11-8-14(10-17(18)19)12(2)16(11)9-13-4-6-15(7-5-13)21(3)20;1-3(2)4;1-2/h4-9H,10H2,1-3H3,(H,18,19);1H2,2H3;1-2H3/b16-9+;;. The van der Waals surface area contributed by atoms with Crippen LogP contribution in [0.5, 0.6) is 0 Å². The summed E-state index contributed by atoms with van der Waals surface area (Å²) >= 11 is 0. The van der Waals surface area contributed by atoms with E-state index in [1.807, 2.05) is 64.1 Å². The fourth-order valence-corrected chi connectivity index (χ4v) is 2.93. The Morgan fingerprint density at radius 2 is 1.70 bits per heavy atom. The Morgan fingerprint density at radius 3 is 2.11 bits per heavy atom. The highest BCUT2D eigenvalue weighted by molar-refractivity contribution is 7.84. The molecule has 27 heavy (non-hydrogen) atoms. The van der Waals surface area contributed by atoms with Crippen LogP contribution in [0.15, 0.2) is 69.9 Å². The average molecular weight is 393 g/mol. The molecule has 1 atom stereocenters. The van der Waals surface area contributed by atoms with Gasteiger partial charge in [-0.3, -0.25) is 9.00 Å². The van der Waals surface area contributed by atoms with Crippen molar-refractivity contribution in [2.75, 3.05) is 6.26 Å². The first-order valence-electron chi connectivity index (χ1n) is 8.68. The molecule has 1 unspecified atom stereocenters. The minimum atomic E-state index is -0.974. The van der Waals surface area contributed by atoms with Gasteiger partial charge in [-0.1, -0.05) is 38.6 Å². The number of allylic oxidation sites excluding steroid dienone is 5. The molecule has 1 aliphatic carbocycles. The van der Waals surface area contributed by atoms with Crippen molar-refractivity contribution in [2.45, 2.75) is 45.9 Å². The van der Waals surface area contributed by atoms with E-state index < -0.39 is 16.8 Å². The smallest absolute Gasteiger partial charge is 0.307 e. The molecule has 0 amide bonds. The van der Waals surface area contributed by atoms with Crippen molar-refractivity contribution in [3.05, 3.63) is 70.6 Å². The Morgan fingerprint density at radius 1 is 1.22 bits per heavy atom. The van der Waals surface area contributed by atoms with Gasteiger partial charge in [-0.2, -0.15) is 0 Å². The zero-order valence-electron chi connectivity index (χ0n) is 16.9. The SMILES string of the molecule is C=C(C)F.CC.CC1=CC(CC(=O)O)=C(C)/C1=C/c1ccc(S(C)=O)cc1. The summed E-state index contributed by atoms with van der Waals surface area (Å²) in [5.41, 5.74) is 5.03. The van der Waals surface area contributed by atoms with E-state index in [1.165, 1.54) is 6.92 Å². The highest BCUT2D eigenvalue weighted by Crippen LogP contribution is 2.33. The number of carbonyl (C=O) groups is 1. The van der Waals surface area contributed by atoms with Gasteiger partial charge in [0, 0.05) is 22.0 Å². The molecule has 0 radical (unpaired) electrons. The number of benzene rings is 1. The van der Waals surface area contributed by atoms with Crippen molar-refractivity contribution in [1.29, 1.82) is 0 Å². The number of carboxylic acid groups (broad SMARTS) is 1. The molecule has 148 valence electrons. The third kappa shape index (κ3) is 8.78.